The molecule has 0 spiro atoms. The van der Waals surface area contributed by atoms with Crippen molar-refractivity contribution in [1.29, 1.82) is 0 Å². The number of carbonyl (C=O) groups excluding carboxylic acids is 2. The summed E-state index contributed by atoms with van der Waals surface area (Å²) in [4.78, 5) is 32.5. The first kappa shape index (κ1) is 23.5. The second-order valence-electron chi connectivity index (χ2n) is 9.32. The average Bonchev–Trinajstić information content (AvgIpc) is 3.36. The molecule has 0 saturated carbocycles. The number of anilines is 1. The van der Waals surface area contributed by atoms with Crippen LogP contribution in [0.4, 0.5) is 5.82 Å². The monoisotopic (exact) mass is 479 g/mol. The van der Waals surface area contributed by atoms with Gasteiger partial charge in [0.15, 0.2) is 0 Å². The largest absolute Gasteiger partial charge is 0.338 e. The number of aryl methyl sites for hydroxylation is 2. The van der Waals surface area contributed by atoms with Crippen LogP contribution in [0.15, 0.2) is 79.1 Å². The van der Waals surface area contributed by atoms with Crippen molar-refractivity contribution in [2.75, 3.05) is 18.4 Å². The molecule has 1 fully saturated rings. The maximum absolute atomic E-state index is 13.7. The standard InChI is InChI=1S/C29H29N5O2/c1-20-7-6-8-23(17-20)27-25(19-34(32-27)24-9-4-3-5-10-24)29(36)33-15-13-22(14-16-33)28(35)31-26-12-11-21(2)18-30-26/h3-12,17-19,22H,13-16H2,1-2H3,(H,30,31,35). The molecule has 182 valence electrons. The van der Waals surface area contributed by atoms with Gasteiger partial charge in [-0.3, -0.25) is 9.59 Å². The highest BCUT2D eigenvalue weighted by Gasteiger charge is 2.30. The van der Waals surface area contributed by atoms with Crippen molar-refractivity contribution in [2.24, 2.45) is 5.92 Å². The minimum absolute atomic E-state index is 0.0456. The lowest BCUT2D eigenvalue weighted by Crippen LogP contribution is -2.41. The van der Waals surface area contributed by atoms with E-state index in [1.165, 1.54) is 0 Å². The molecule has 1 aliphatic heterocycles. The number of likely N-dealkylation sites (tertiary alicyclic amines) is 1. The number of aromatic nitrogens is 3. The van der Waals surface area contributed by atoms with Crippen LogP contribution in [0.1, 0.15) is 34.3 Å². The second kappa shape index (κ2) is 10.2. The van der Waals surface area contributed by atoms with Gasteiger partial charge in [-0.15, -0.1) is 0 Å². The molecular weight excluding hydrogens is 450 g/mol. The van der Waals surface area contributed by atoms with E-state index in [-0.39, 0.29) is 17.7 Å². The minimum Gasteiger partial charge on any atom is -0.338 e. The summed E-state index contributed by atoms with van der Waals surface area (Å²) in [5.74, 6) is 0.296. The number of nitrogens with one attached hydrogen (secondary N) is 1. The van der Waals surface area contributed by atoms with E-state index in [2.05, 4.69) is 10.3 Å². The first-order valence-corrected chi connectivity index (χ1v) is 12.2. The van der Waals surface area contributed by atoms with E-state index >= 15 is 0 Å². The number of piperidine rings is 1. The lowest BCUT2D eigenvalue weighted by Gasteiger charge is -2.31. The van der Waals surface area contributed by atoms with Crippen molar-refractivity contribution in [3.8, 4) is 16.9 Å². The molecule has 7 heteroatoms. The third kappa shape index (κ3) is 5.05. The minimum atomic E-state index is -0.152. The summed E-state index contributed by atoms with van der Waals surface area (Å²) in [7, 11) is 0. The molecule has 7 nitrogen and oxygen atoms in total. The van der Waals surface area contributed by atoms with Gasteiger partial charge in [-0.25, -0.2) is 9.67 Å². The number of nitrogens with zero attached hydrogens (tertiary/aromatic N) is 4. The maximum Gasteiger partial charge on any atom is 0.257 e. The molecule has 2 aromatic heterocycles. The van der Waals surface area contributed by atoms with E-state index < -0.39 is 0 Å². The lowest BCUT2D eigenvalue weighted by molar-refractivity contribution is -0.121. The van der Waals surface area contributed by atoms with Crippen LogP contribution >= 0.6 is 0 Å². The fraction of sp³-hybridized carbons (Fsp3) is 0.241. The van der Waals surface area contributed by atoms with E-state index in [9.17, 15) is 9.59 Å². The topological polar surface area (TPSA) is 80.1 Å². The van der Waals surface area contributed by atoms with Gasteiger partial charge < -0.3 is 10.2 Å². The smallest absolute Gasteiger partial charge is 0.257 e. The van der Waals surface area contributed by atoms with Crippen molar-refractivity contribution in [2.45, 2.75) is 26.7 Å². The molecule has 0 bridgehead atoms. The molecule has 1 saturated heterocycles. The van der Waals surface area contributed by atoms with E-state index in [1.54, 1.807) is 10.9 Å². The Hall–Kier alpha value is -4.26. The normalized spacial score (nSPS) is 14.0. The Kier molecular flexibility index (Phi) is 6.62. The Morgan fingerprint density at radius 1 is 0.917 bits per heavy atom. The Balaban J connectivity index is 1.33. The highest BCUT2D eigenvalue weighted by molar-refractivity contribution is 6.00. The Bertz CT molecular complexity index is 1370. The summed E-state index contributed by atoms with van der Waals surface area (Å²) in [6.07, 6.45) is 4.77. The zero-order valence-corrected chi connectivity index (χ0v) is 20.5. The second-order valence-corrected chi connectivity index (χ2v) is 9.32. The van der Waals surface area contributed by atoms with Gasteiger partial charge in [0.05, 0.1) is 11.3 Å². The van der Waals surface area contributed by atoms with E-state index in [1.807, 2.05) is 91.7 Å². The molecule has 0 atom stereocenters. The van der Waals surface area contributed by atoms with Crippen LogP contribution in [0.25, 0.3) is 16.9 Å². The van der Waals surface area contributed by atoms with Gasteiger partial charge in [0, 0.05) is 37.0 Å². The summed E-state index contributed by atoms with van der Waals surface area (Å²) < 4.78 is 1.76. The van der Waals surface area contributed by atoms with Crippen LogP contribution in [-0.2, 0) is 4.79 Å². The molecule has 0 radical (unpaired) electrons. The predicted octanol–water partition coefficient (Wildman–Crippen LogP) is 5.04. The van der Waals surface area contributed by atoms with Crippen molar-refractivity contribution in [3.63, 3.8) is 0 Å². The highest BCUT2D eigenvalue weighted by Crippen LogP contribution is 2.28. The van der Waals surface area contributed by atoms with Crippen molar-refractivity contribution in [1.82, 2.24) is 19.7 Å². The van der Waals surface area contributed by atoms with Crippen LogP contribution in [-0.4, -0.2) is 44.6 Å². The Labute approximate surface area is 210 Å². The molecule has 1 aliphatic rings. The first-order chi connectivity index (χ1) is 17.5. The quantitative estimate of drug-likeness (QED) is 0.435. The van der Waals surface area contributed by atoms with Crippen LogP contribution < -0.4 is 5.32 Å². The summed E-state index contributed by atoms with van der Waals surface area (Å²) in [5, 5.41) is 7.71. The van der Waals surface area contributed by atoms with Crippen LogP contribution in [0.5, 0.6) is 0 Å². The summed E-state index contributed by atoms with van der Waals surface area (Å²) in [6.45, 7) is 5.02. The van der Waals surface area contributed by atoms with Crippen molar-refractivity contribution < 1.29 is 9.59 Å². The van der Waals surface area contributed by atoms with E-state index in [0.717, 1.165) is 22.4 Å². The van der Waals surface area contributed by atoms with Gasteiger partial charge in [-0.2, -0.15) is 5.10 Å². The Morgan fingerprint density at radius 3 is 2.39 bits per heavy atom. The zero-order chi connectivity index (χ0) is 25.1. The number of amides is 2. The average molecular weight is 480 g/mol. The number of para-hydroxylation sites is 1. The third-order valence-corrected chi connectivity index (χ3v) is 6.57. The van der Waals surface area contributed by atoms with Crippen LogP contribution in [0.2, 0.25) is 0 Å². The molecule has 36 heavy (non-hydrogen) atoms. The highest BCUT2D eigenvalue weighted by atomic mass is 16.2. The molecule has 3 heterocycles. The third-order valence-electron chi connectivity index (χ3n) is 6.57. The fourth-order valence-electron chi connectivity index (χ4n) is 4.53. The number of hydrogen-bond acceptors (Lipinski definition) is 4. The van der Waals surface area contributed by atoms with Gasteiger partial charge in [0.1, 0.15) is 11.5 Å². The number of rotatable bonds is 5. The van der Waals surface area contributed by atoms with Gasteiger partial charge in [0.2, 0.25) is 5.91 Å². The first-order valence-electron chi connectivity index (χ1n) is 12.2. The fourth-order valence-corrected chi connectivity index (χ4v) is 4.53. The van der Waals surface area contributed by atoms with Crippen molar-refractivity contribution >= 4 is 17.6 Å². The molecular formula is C29H29N5O2. The number of pyridine rings is 1. The van der Waals surface area contributed by atoms with Crippen LogP contribution in [0.3, 0.4) is 0 Å². The SMILES string of the molecule is Cc1ccc(NC(=O)C2CCN(C(=O)c3cn(-c4ccccc4)nc3-c3cccc(C)c3)CC2)nc1. The zero-order valence-electron chi connectivity index (χ0n) is 20.5. The Morgan fingerprint density at radius 2 is 1.69 bits per heavy atom. The summed E-state index contributed by atoms with van der Waals surface area (Å²) in [5.41, 5.74) is 5.18. The van der Waals surface area contributed by atoms with E-state index in [0.29, 0.717) is 43.0 Å². The molecule has 1 N–H and O–H groups in total. The number of carbonyl (C=O) groups is 2. The summed E-state index contributed by atoms with van der Waals surface area (Å²) in [6, 6.07) is 21.6. The van der Waals surface area contributed by atoms with Gasteiger partial charge in [-0.05, 0) is 56.5 Å². The molecule has 2 amide bonds. The number of hydrogen-bond donors (Lipinski definition) is 1. The van der Waals surface area contributed by atoms with Crippen LogP contribution in [0, 0.1) is 19.8 Å². The molecule has 4 aromatic rings. The van der Waals surface area contributed by atoms with Gasteiger partial charge >= 0.3 is 0 Å². The van der Waals surface area contributed by atoms with Gasteiger partial charge in [0.25, 0.3) is 5.91 Å². The molecule has 2 aromatic carbocycles. The maximum atomic E-state index is 13.7. The van der Waals surface area contributed by atoms with E-state index in [4.69, 9.17) is 5.10 Å². The lowest BCUT2D eigenvalue weighted by atomic mass is 9.95. The molecule has 5 rings (SSSR count). The number of benzene rings is 2. The molecule has 0 aliphatic carbocycles. The summed E-state index contributed by atoms with van der Waals surface area (Å²) >= 11 is 0. The predicted molar refractivity (Wildman–Crippen MR) is 140 cm³/mol. The molecule has 0 unspecified atom stereocenters. The van der Waals surface area contributed by atoms with Crippen molar-refractivity contribution in [3.05, 3.63) is 95.8 Å². The van der Waals surface area contributed by atoms with Gasteiger partial charge in [-0.1, -0.05) is 48.0 Å².